The Bertz CT molecular complexity index is 857. The summed E-state index contributed by atoms with van der Waals surface area (Å²) in [6.45, 7) is 0. The van der Waals surface area contributed by atoms with Gasteiger partial charge in [-0.15, -0.1) is 0 Å². The van der Waals surface area contributed by atoms with Gasteiger partial charge < -0.3 is 10.6 Å². The number of hydrogen-bond donors (Lipinski definition) is 2. The van der Waals surface area contributed by atoms with Crippen molar-refractivity contribution < 1.29 is 9.72 Å². The van der Waals surface area contributed by atoms with Crippen LogP contribution in [0, 0.1) is 10.1 Å². The Kier molecular flexibility index (Phi) is 5.28. The average Bonchev–Trinajstić information content (AvgIpc) is 3.53. The first-order valence-corrected chi connectivity index (χ1v) is 10.0. The van der Waals surface area contributed by atoms with Crippen LogP contribution in [0.4, 0.5) is 11.4 Å². The molecule has 6 nitrogen and oxygen atoms in total. The number of amides is 1. The van der Waals surface area contributed by atoms with Crippen molar-refractivity contribution in [3.8, 4) is 0 Å². The number of nitro groups is 1. The predicted octanol–water partition coefficient (Wildman–Crippen LogP) is 4.63. The lowest BCUT2D eigenvalue weighted by atomic mass is 9.82. The highest BCUT2D eigenvalue weighted by molar-refractivity contribution is 5.96. The third-order valence-electron chi connectivity index (χ3n) is 5.73. The van der Waals surface area contributed by atoms with Crippen LogP contribution >= 0.6 is 0 Å². The number of nitrogens with one attached hydrogen (secondary N) is 2. The van der Waals surface area contributed by atoms with E-state index in [1.54, 1.807) is 12.1 Å². The van der Waals surface area contributed by atoms with Gasteiger partial charge in [-0.1, -0.05) is 30.3 Å². The van der Waals surface area contributed by atoms with Crippen LogP contribution in [-0.4, -0.2) is 22.9 Å². The number of anilines is 1. The molecular weight excluding hydrogens is 354 g/mol. The van der Waals surface area contributed by atoms with E-state index in [0.717, 1.165) is 38.5 Å². The molecule has 28 heavy (non-hydrogen) atoms. The van der Waals surface area contributed by atoms with Crippen LogP contribution in [0.1, 0.15) is 60.4 Å². The van der Waals surface area contributed by atoms with Gasteiger partial charge in [0, 0.05) is 23.7 Å². The minimum atomic E-state index is -0.424. The van der Waals surface area contributed by atoms with E-state index in [9.17, 15) is 14.9 Å². The lowest BCUT2D eigenvalue weighted by molar-refractivity contribution is -0.384. The minimum absolute atomic E-state index is 0.0349. The molecule has 0 heterocycles. The fourth-order valence-corrected chi connectivity index (χ4v) is 3.96. The molecule has 0 atom stereocenters. The molecule has 0 aliphatic heterocycles. The Labute approximate surface area is 164 Å². The van der Waals surface area contributed by atoms with E-state index in [4.69, 9.17) is 0 Å². The molecule has 2 aromatic rings. The van der Waals surface area contributed by atoms with Gasteiger partial charge in [-0.25, -0.2) is 0 Å². The summed E-state index contributed by atoms with van der Waals surface area (Å²) in [4.78, 5) is 23.6. The molecule has 2 N–H and O–H groups in total. The topological polar surface area (TPSA) is 84.3 Å². The van der Waals surface area contributed by atoms with Crippen LogP contribution in [0.5, 0.6) is 0 Å². The van der Waals surface area contributed by atoms with E-state index in [1.165, 1.54) is 11.6 Å². The lowest BCUT2D eigenvalue weighted by Crippen LogP contribution is -2.37. The molecule has 0 radical (unpaired) electrons. The molecule has 2 aromatic carbocycles. The molecule has 6 heteroatoms. The van der Waals surface area contributed by atoms with Crippen molar-refractivity contribution in [2.45, 2.75) is 56.5 Å². The SMILES string of the molecule is O=C(NC1CCC(c2ccccc2)CC1)c1ccc(NC2CC2)c([N+](=O)[O-])c1. The molecule has 4 rings (SSSR count). The molecule has 2 saturated carbocycles. The second-order valence-corrected chi connectivity index (χ2v) is 7.84. The second kappa shape index (κ2) is 8.00. The zero-order chi connectivity index (χ0) is 19.5. The van der Waals surface area contributed by atoms with Crippen LogP contribution in [0.15, 0.2) is 48.5 Å². The van der Waals surface area contributed by atoms with Crippen molar-refractivity contribution in [2.75, 3.05) is 5.32 Å². The maximum absolute atomic E-state index is 12.6. The van der Waals surface area contributed by atoms with E-state index < -0.39 is 4.92 Å². The molecular formula is C22H25N3O3. The smallest absolute Gasteiger partial charge is 0.293 e. The molecule has 0 saturated heterocycles. The van der Waals surface area contributed by atoms with Crippen LogP contribution in [0.2, 0.25) is 0 Å². The molecule has 146 valence electrons. The van der Waals surface area contributed by atoms with Crippen LogP contribution in [-0.2, 0) is 0 Å². The highest BCUT2D eigenvalue weighted by Gasteiger charge is 2.27. The predicted molar refractivity (Wildman–Crippen MR) is 109 cm³/mol. The van der Waals surface area contributed by atoms with Crippen molar-refractivity contribution >= 4 is 17.3 Å². The summed E-state index contributed by atoms with van der Waals surface area (Å²) in [5, 5.41) is 17.6. The average molecular weight is 379 g/mol. The first kappa shape index (κ1) is 18.5. The van der Waals surface area contributed by atoms with Crippen LogP contribution in [0.25, 0.3) is 0 Å². The Morgan fingerprint density at radius 3 is 2.25 bits per heavy atom. The number of carbonyl (C=O) groups excluding carboxylic acids is 1. The summed E-state index contributed by atoms with van der Waals surface area (Å²) >= 11 is 0. The van der Waals surface area contributed by atoms with Crippen molar-refractivity contribution in [3.63, 3.8) is 0 Å². The Morgan fingerprint density at radius 2 is 1.61 bits per heavy atom. The fourth-order valence-electron chi connectivity index (χ4n) is 3.96. The molecule has 2 fully saturated rings. The quantitative estimate of drug-likeness (QED) is 0.566. The number of nitrogens with zero attached hydrogens (tertiary/aromatic N) is 1. The normalized spacial score (nSPS) is 21.7. The van der Waals surface area contributed by atoms with Gasteiger partial charge in [-0.2, -0.15) is 0 Å². The van der Waals surface area contributed by atoms with Gasteiger partial charge in [0.15, 0.2) is 0 Å². The zero-order valence-electron chi connectivity index (χ0n) is 15.8. The molecule has 0 bridgehead atoms. The molecule has 0 unspecified atom stereocenters. The van der Waals surface area contributed by atoms with Gasteiger partial charge in [0.2, 0.25) is 0 Å². The van der Waals surface area contributed by atoms with Gasteiger partial charge in [0.1, 0.15) is 5.69 Å². The van der Waals surface area contributed by atoms with Gasteiger partial charge in [-0.05, 0) is 62.1 Å². The summed E-state index contributed by atoms with van der Waals surface area (Å²) < 4.78 is 0. The number of nitro benzene ring substituents is 1. The first-order chi connectivity index (χ1) is 13.6. The summed E-state index contributed by atoms with van der Waals surface area (Å²) in [5.74, 6) is 0.312. The van der Waals surface area contributed by atoms with Crippen LogP contribution < -0.4 is 10.6 Å². The highest BCUT2D eigenvalue weighted by atomic mass is 16.6. The Balaban J connectivity index is 1.37. The largest absolute Gasteiger partial charge is 0.377 e. The molecule has 0 spiro atoms. The number of carbonyl (C=O) groups is 1. The van der Waals surface area contributed by atoms with Crippen LogP contribution in [0.3, 0.4) is 0 Å². The third kappa shape index (κ3) is 4.32. The van der Waals surface area contributed by atoms with E-state index in [2.05, 4.69) is 34.9 Å². The van der Waals surface area contributed by atoms with Crippen molar-refractivity contribution in [2.24, 2.45) is 0 Å². The Morgan fingerprint density at radius 1 is 0.929 bits per heavy atom. The van der Waals surface area contributed by atoms with Crippen molar-refractivity contribution in [3.05, 3.63) is 69.8 Å². The summed E-state index contributed by atoms with van der Waals surface area (Å²) in [7, 11) is 0. The van der Waals surface area contributed by atoms with E-state index in [-0.39, 0.29) is 17.6 Å². The third-order valence-corrected chi connectivity index (χ3v) is 5.73. The molecule has 2 aliphatic rings. The first-order valence-electron chi connectivity index (χ1n) is 10.0. The molecule has 1 amide bonds. The lowest BCUT2D eigenvalue weighted by Gasteiger charge is -2.29. The number of hydrogen-bond acceptors (Lipinski definition) is 4. The minimum Gasteiger partial charge on any atom is -0.377 e. The van der Waals surface area contributed by atoms with Gasteiger partial charge in [0.05, 0.1) is 4.92 Å². The highest BCUT2D eigenvalue weighted by Crippen LogP contribution is 2.34. The number of rotatable bonds is 6. The number of benzene rings is 2. The summed E-state index contributed by atoms with van der Waals surface area (Å²) in [6.07, 6.45) is 6.00. The van der Waals surface area contributed by atoms with Crippen molar-refractivity contribution in [1.82, 2.24) is 5.32 Å². The zero-order valence-corrected chi connectivity index (χ0v) is 15.8. The van der Waals surface area contributed by atoms with Crippen molar-refractivity contribution in [1.29, 1.82) is 0 Å². The second-order valence-electron chi connectivity index (χ2n) is 7.84. The maximum Gasteiger partial charge on any atom is 0.293 e. The van der Waals surface area contributed by atoms with Gasteiger partial charge >= 0.3 is 0 Å². The summed E-state index contributed by atoms with van der Waals surface area (Å²) in [6, 6.07) is 15.6. The van der Waals surface area contributed by atoms with E-state index in [0.29, 0.717) is 23.2 Å². The maximum atomic E-state index is 12.6. The fraction of sp³-hybridized carbons (Fsp3) is 0.409. The van der Waals surface area contributed by atoms with E-state index in [1.807, 2.05) is 6.07 Å². The molecule has 2 aliphatic carbocycles. The monoisotopic (exact) mass is 379 g/mol. The summed E-state index contributed by atoms with van der Waals surface area (Å²) in [5.41, 5.74) is 2.17. The standard InChI is InChI=1S/C22H25N3O3/c26-22(17-8-13-20(23-18-11-12-18)21(14-17)25(27)28)24-19-9-6-16(7-10-19)15-4-2-1-3-5-15/h1-5,8,13-14,16,18-19,23H,6-7,9-12H2,(H,24,26). The van der Waals surface area contributed by atoms with E-state index >= 15 is 0 Å². The molecule has 0 aromatic heterocycles. The van der Waals surface area contributed by atoms with Gasteiger partial charge in [-0.3, -0.25) is 14.9 Å². The van der Waals surface area contributed by atoms with Gasteiger partial charge in [0.25, 0.3) is 11.6 Å². The Hall–Kier alpha value is -2.89.